The van der Waals surface area contributed by atoms with Crippen molar-refractivity contribution in [2.45, 2.75) is 85.1 Å². The van der Waals surface area contributed by atoms with Crippen LogP contribution in [0.2, 0.25) is 0 Å². The Labute approximate surface area is 131 Å². The van der Waals surface area contributed by atoms with Crippen LogP contribution in [-0.4, -0.2) is 25.0 Å². The van der Waals surface area contributed by atoms with E-state index in [1.54, 1.807) is 0 Å². The number of hydrogen-bond donors (Lipinski definition) is 2. The first-order valence-corrected chi connectivity index (χ1v) is 9.01. The van der Waals surface area contributed by atoms with Gasteiger partial charge in [0.1, 0.15) is 0 Å². The maximum absolute atomic E-state index is 12.1. The average molecular weight is 296 g/mol. The number of carbonyl (C=O) groups excluding carboxylic acids is 1. The minimum Gasteiger partial charge on any atom is -0.356 e. The second kappa shape index (κ2) is 9.45. The highest BCUT2D eigenvalue weighted by Gasteiger charge is 2.51. The molecule has 1 saturated carbocycles. The van der Waals surface area contributed by atoms with Gasteiger partial charge in [-0.05, 0) is 38.1 Å². The van der Waals surface area contributed by atoms with E-state index >= 15 is 0 Å². The predicted molar refractivity (Wildman–Crippen MR) is 90.4 cm³/mol. The molecule has 3 heteroatoms. The molecule has 0 saturated heterocycles. The highest BCUT2D eigenvalue weighted by atomic mass is 16.2. The van der Waals surface area contributed by atoms with E-state index in [-0.39, 0.29) is 5.41 Å². The van der Waals surface area contributed by atoms with Crippen molar-refractivity contribution in [2.24, 2.45) is 11.3 Å². The molecular formula is C18H36N2O. The van der Waals surface area contributed by atoms with Crippen molar-refractivity contribution in [3.63, 3.8) is 0 Å². The Bertz CT molecular complexity index is 296. The summed E-state index contributed by atoms with van der Waals surface area (Å²) in [6, 6.07) is 0.606. The number of amides is 1. The largest absolute Gasteiger partial charge is 0.356 e. The van der Waals surface area contributed by atoms with E-state index in [1.165, 1.54) is 32.1 Å². The van der Waals surface area contributed by atoms with E-state index in [0.717, 1.165) is 32.4 Å². The Morgan fingerprint density at radius 1 is 0.905 bits per heavy atom. The number of unbranched alkanes of at least 4 members (excludes halogenated alkanes) is 5. The first-order chi connectivity index (χ1) is 9.99. The van der Waals surface area contributed by atoms with Crippen LogP contribution in [0.4, 0.5) is 0 Å². The lowest BCUT2D eigenvalue weighted by atomic mass is 9.91. The van der Waals surface area contributed by atoms with Crippen LogP contribution in [0.3, 0.4) is 0 Å². The van der Waals surface area contributed by atoms with Crippen molar-refractivity contribution in [3.8, 4) is 0 Å². The fourth-order valence-corrected chi connectivity index (χ4v) is 2.93. The molecule has 0 heterocycles. The smallest absolute Gasteiger partial charge is 0.226 e. The van der Waals surface area contributed by atoms with Crippen molar-refractivity contribution in [3.05, 3.63) is 0 Å². The van der Waals surface area contributed by atoms with E-state index in [9.17, 15) is 4.79 Å². The lowest BCUT2D eigenvalue weighted by Gasteiger charge is -2.18. The van der Waals surface area contributed by atoms with Gasteiger partial charge in [0.15, 0.2) is 0 Å². The average Bonchev–Trinajstić information content (AvgIpc) is 3.21. The van der Waals surface area contributed by atoms with Crippen LogP contribution >= 0.6 is 0 Å². The fraction of sp³-hybridized carbons (Fsp3) is 0.944. The third kappa shape index (κ3) is 6.82. The Morgan fingerprint density at radius 3 is 1.90 bits per heavy atom. The first-order valence-electron chi connectivity index (χ1n) is 9.01. The van der Waals surface area contributed by atoms with Gasteiger partial charge in [-0.2, -0.15) is 0 Å². The zero-order valence-corrected chi connectivity index (χ0v) is 14.6. The number of carbonyl (C=O) groups is 1. The van der Waals surface area contributed by atoms with Gasteiger partial charge in [0.05, 0.1) is 5.41 Å². The van der Waals surface area contributed by atoms with Crippen LogP contribution in [0.15, 0.2) is 0 Å². The van der Waals surface area contributed by atoms with E-state index in [2.05, 4.69) is 38.3 Å². The van der Waals surface area contributed by atoms with E-state index < -0.39 is 0 Å². The molecule has 0 aromatic carbocycles. The standard InChI is InChI=1S/C18H36N2O/c1-15(2)18(11-12-18)17(21)20-14-10-8-6-5-7-9-13-19-16(3)4/h15-16,19H,5-14H2,1-4H3,(H,20,21). The van der Waals surface area contributed by atoms with Crippen LogP contribution in [0, 0.1) is 11.3 Å². The number of hydrogen-bond acceptors (Lipinski definition) is 2. The van der Waals surface area contributed by atoms with Crippen LogP contribution < -0.4 is 10.6 Å². The lowest BCUT2D eigenvalue weighted by Crippen LogP contribution is -2.35. The second-order valence-corrected chi connectivity index (χ2v) is 7.30. The van der Waals surface area contributed by atoms with Crippen LogP contribution in [0.1, 0.15) is 79.1 Å². The molecule has 0 unspecified atom stereocenters. The Kier molecular flexibility index (Phi) is 8.31. The SMILES string of the molecule is CC(C)NCCCCCCCCNC(=O)C1(C(C)C)CC1. The van der Waals surface area contributed by atoms with Gasteiger partial charge in [0.2, 0.25) is 5.91 Å². The Morgan fingerprint density at radius 2 is 1.43 bits per heavy atom. The third-order valence-corrected chi connectivity index (χ3v) is 4.79. The Hall–Kier alpha value is -0.570. The summed E-state index contributed by atoms with van der Waals surface area (Å²) in [5.41, 5.74) is -0.0105. The first kappa shape index (κ1) is 18.5. The monoisotopic (exact) mass is 296 g/mol. The molecule has 1 rings (SSSR count). The molecule has 3 nitrogen and oxygen atoms in total. The minimum absolute atomic E-state index is 0.0105. The number of nitrogens with one attached hydrogen (secondary N) is 2. The third-order valence-electron chi connectivity index (χ3n) is 4.79. The summed E-state index contributed by atoms with van der Waals surface area (Å²) in [5.74, 6) is 0.786. The van der Waals surface area contributed by atoms with Crippen molar-refractivity contribution in [1.29, 1.82) is 0 Å². The topological polar surface area (TPSA) is 41.1 Å². The second-order valence-electron chi connectivity index (χ2n) is 7.30. The molecule has 1 amide bonds. The van der Waals surface area contributed by atoms with E-state index in [4.69, 9.17) is 0 Å². The molecule has 1 aliphatic rings. The van der Waals surface area contributed by atoms with Crippen molar-refractivity contribution < 1.29 is 4.79 Å². The molecule has 0 aromatic heterocycles. The van der Waals surface area contributed by atoms with Crippen LogP contribution in [-0.2, 0) is 4.79 Å². The Balaban J connectivity index is 1.88. The summed E-state index contributed by atoms with van der Waals surface area (Å²) in [5, 5.41) is 6.59. The molecule has 124 valence electrons. The summed E-state index contributed by atoms with van der Waals surface area (Å²) in [6.45, 7) is 10.7. The molecule has 0 bridgehead atoms. The molecule has 0 atom stereocenters. The maximum Gasteiger partial charge on any atom is 0.226 e. The highest BCUT2D eigenvalue weighted by Crippen LogP contribution is 2.51. The van der Waals surface area contributed by atoms with Gasteiger partial charge in [-0.3, -0.25) is 4.79 Å². The van der Waals surface area contributed by atoms with Crippen molar-refractivity contribution in [2.75, 3.05) is 13.1 Å². The zero-order valence-electron chi connectivity index (χ0n) is 14.6. The van der Waals surface area contributed by atoms with Crippen LogP contribution in [0.25, 0.3) is 0 Å². The van der Waals surface area contributed by atoms with Crippen molar-refractivity contribution >= 4 is 5.91 Å². The molecule has 1 aliphatic carbocycles. The summed E-state index contributed by atoms with van der Waals surface area (Å²) in [4.78, 5) is 12.1. The van der Waals surface area contributed by atoms with E-state index in [1.807, 2.05) is 0 Å². The normalized spacial score (nSPS) is 16.5. The minimum atomic E-state index is -0.0105. The summed E-state index contributed by atoms with van der Waals surface area (Å²) in [6.07, 6.45) is 9.77. The van der Waals surface area contributed by atoms with Gasteiger partial charge < -0.3 is 10.6 Å². The lowest BCUT2D eigenvalue weighted by molar-refractivity contribution is -0.127. The zero-order chi connectivity index (χ0) is 15.7. The van der Waals surface area contributed by atoms with Gasteiger partial charge in [0.25, 0.3) is 0 Å². The predicted octanol–water partition coefficient (Wildman–Crippen LogP) is 3.88. The molecule has 21 heavy (non-hydrogen) atoms. The number of rotatable bonds is 12. The molecule has 0 aromatic rings. The highest BCUT2D eigenvalue weighted by molar-refractivity contribution is 5.85. The molecule has 1 fully saturated rings. The quantitative estimate of drug-likeness (QED) is 0.537. The fourth-order valence-electron chi connectivity index (χ4n) is 2.93. The summed E-state index contributed by atoms with van der Waals surface area (Å²) >= 11 is 0. The van der Waals surface area contributed by atoms with Gasteiger partial charge in [-0.15, -0.1) is 0 Å². The van der Waals surface area contributed by atoms with Gasteiger partial charge in [0, 0.05) is 12.6 Å². The summed E-state index contributed by atoms with van der Waals surface area (Å²) < 4.78 is 0. The summed E-state index contributed by atoms with van der Waals surface area (Å²) in [7, 11) is 0. The maximum atomic E-state index is 12.1. The molecule has 0 spiro atoms. The van der Waals surface area contributed by atoms with Gasteiger partial charge in [-0.25, -0.2) is 0 Å². The van der Waals surface area contributed by atoms with Gasteiger partial charge in [-0.1, -0.05) is 53.4 Å². The molecule has 2 N–H and O–H groups in total. The molecule has 0 radical (unpaired) electrons. The van der Waals surface area contributed by atoms with Gasteiger partial charge >= 0.3 is 0 Å². The van der Waals surface area contributed by atoms with Crippen LogP contribution in [0.5, 0.6) is 0 Å². The molecule has 0 aliphatic heterocycles. The van der Waals surface area contributed by atoms with E-state index in [0.29, 0.717) is 17.9 Å². The van der Waals surface area contributed by atoms with Crippen molar-refractivity contribution in [1.82, 2.24) is 10.6 Å². The molecular weight excluding hydrogens is 260 g/mol.